The van der Waals surface area contributed by atoms with Gasteiger partial charge in [0, 0.05) is 0 Å². The summed E-state index contributed by atoms with van der Waals surface area (Å²) in [5.41, 5.74) is 2.82. The van der Waals surface area contributed by atoms with Gasteiger partial charge in [-0.05, 0) is 26.4 Å². The van der Waals surface area contributed by atoms with Gasteiger partial charge in [0.05, 0.1) is 6.17 Å². The van der Waals surface area contributed by atoms with Crippen molar-refractivity contribution in [2.75, 3.05) is 13.6 Å². The first-order chi connectivity index (χ1) is 4.84. The van der Waals surface area contributed by atoms with Gasteiger partial charge in [-0.1, -0.05) is 12.8 Å². The molecule has 1 rings (SSSR count). The monoisotopic (exact) mass is 143 g/mol. The van der Waals surface area contributed by atoms with E-state index in [0.29, 0.717) is 6.17 Å². The Hall–Kier alpha value is -0.120. The van der Waals surface area contributed by atoms with Crippen LogP contribution in [0.5, 0.6) is 0 Å². The third kappa shape index (κ3) is 1.94. The molecule has 0 spiro atoms. The van der Waals surface area contributed by atoms with E-state index in [4.69, 9.17) is 5.84 Å². The average Bonchev–Trinajstić information content (AvgIpc) is 2.13. The van der Waals surface area contributed by atoms with Crippen LogP contribution < -0.4 is 11.3 Å². The van der Waals surface area contributed by atoms with Crippen molar-refractivity contribution in [3.05, 3.63) is 0 Å². The van der Waals surface area contributed by atoms with E-state index in [-0.39, 0.29) is 0 Å². The molecule has 60 valence electrons. The lowest BCUT2D eigenvalue weighted by molar-refractivity contribution is 0.209. The molecule has 1 heterocycles. The van der Waals surface area contributed by atoms with E-state index >= 15 is 0 Å². The molecule has 0 bridgehead atoms. The van der Waals surface area contributed by atoms with Crippen molar-refractivity contribution >= 4 is 0 Å². The number of nitrogens with zero attached hydrogens (tertiary/aromatic N) is 1. The zero-order valence-corrected chi connectivity index (χ0v) is 6.64. The van der Waals surface area contributed by atoms with Crippen LogP contribution in [0.25, 0.3) is 0 Å². The Morgan fingerprint density at radius 1 is 1.40 bits per heavy atom. The molecule has 1 aliphatic heterocycles. The van der Waals surface area contributed by atoms with Gasteiger partial charge in [-0.25, -0.2) is 5.43 Å². The molecular formula is C7H17N3. The Bertz CT molecular complexity index is 94.9. The molecule has 0 aliphatic carbocycles. The van der Waals surface area contributed by atoms with Crippen molar-refractivity contribution in [1.29, 1.82) is 0 Å². The van der Waals surface area contributed by atoms with Gasteiger partial charge >= 0.3 is 0 Å². The number of hydrogen-bond acceptors (Lipinski definition) is 3. The highest BCUT2D eigenvalue weighted by Gasteiger charge is 2.14. The molecule has 3 N–H and O–H groups in total. The minimum Gasteiger partial charge on any atom is -0.290 e. The lowest BCUT2D eigenvalue weighted by atomic mass is 10.2. The fourth-order valence-corrected chi connectivity index (χ4v) is 1.46. The fraction of sp³-hybridized carbons (Fsp3) is 1.00. The highest BCUT2D eigenvalue weighted by Crippen LogP contribution is 2.11. The van der Waals surface area contributed by atoms with Gasteiger partial charge in [0.2, 0.25) is 0 Å². The van der Waals surface area contributed by atoms with E-state index in [1.165, 1.54) is 32.2 Å². The first kappa shape index (κ1) is 7.98. The summed E-state index contributed by atoms with van der Waals surface area (Å²) in [6.07, 6.45) is 5.56. The molecule has 1 saturated heterocycles. The zero-order chi connectivity index (χ0) is 7.40. The smallest absolute Gasteiger partial charge is 0.0724 e. The zero-order valence-electron chi connectivity index (χ0n) is 6.64. The van der Waals surface area contributed by atoms with E-state index in [1.807, 2.05) is 0 Å². The molecule has 0 saturated carbocycles. The van der Waals surface area contributed by atoms with Gasteiger partial charge in [-0.15, -0.1) is 0 Å². The Balaban J connectivity index is 2.35. The Morgan fingerprint density at radius 3 is 2.90 bits per heavy atom. The molecule has 0 amide bonds. The summed E-state index contributed by atoms with van der Waals surface area (Å²) >= 11 is 0. The third-order valence-electron chi connectivity index (χ3n) is 2.21. The Morgan fingerprint density at radius 2 is 2.20 bits per heavy atom. The minimum atomic E-state index is 0.405. The predicted octanol–water partition coefficient (Wildman–Crippen LogP) is 0.282. The van der Waals surface area contributed by atoms with Crippen molar-refractivity contribution < 1.29 is 0 Å². The lowest BCUT2D eigenvalue weighted by Gasteiger charge is -2.24. The summed E-state index contributed by atoms with van der Waals surface area (Å²) in [7, 11) is 2.12. The molecule has 3 nitrogen and oxygen atoms in total. The van der Waals surface area contributed by atoms with Crippen LogP contribution in [-0.4, -0.2) is 24.7 Å². The maximum absolute atomic E-state index is 5.37. The summed E-state index contributed by atoms with van der Waals surface area (Å²) in [5, 5.41) is 0. The molecule has 0 aromatic heterocycles. The predicted molar refractivity (Wildman–Crippen MR) is 42.2 cm³/mol. The van der Waals surface area contributed by atoms with Gasteiger partial charge in [-0.2, -0.15) is 0 Å². The quantitative estimate of drug-likeness (QED) is 0.409. The largest absolute Gasteiger partial charge is 0.290 e. The summed E-state index contributed by atoms with van der Waals surface area (Å²) in [4.78, 5) is 2.28. The fourth-order valence-electron chi connectivity index (χ4n) is 1.46. The molecule has 1 aliphatic rings. The molecule has 3 heteroatoms. The summed E-state index contributed by atoms with van der Waals surface area (Å²) < 4.78 is 0. The van der Waals surface area contributed by atoms with Crippen molar-refractivity contribution in [2.24, 2.45) is 5.84 Å². The first-order valence-corrected chi connectivity index (χ1v) is 4.01. The number of rotatable bonds is 1. The van der Waals surface area contributed by atoms with Crippen LogP contribution in [-0.2, 0) is 0 Å². The van der Waals surface area contributed by atoms with Gasteiger partial charge in [0.1, 0.15) is 0 Å². The lowest BCUT2D eigenvalue weighted by Crippen LogP contribution is -2.46. The van der Waals surface area contributed by atoms with Crippen molar-refractivity contribution in [2.45, 2.75) is 31.8 Å². The van der Waals surface area contributed by atoms with Crippen molar-refractivity contribution in [1.82, 2.24) is 10.3 Å². The minimum absolute atomic E-state index is 0.405. The average molecular weight is 143 g/mol. The molecule has 0 radical (unpaired) electrons. The number of hydrogen-bond donors (Lipinski definition) is 2. The van der Waals surface area contributed by atoms with Gasteiger partial charge < -0.3 is 0 Å². The number of hydrazine groups is 1. The van der Waals surface area contributed by atoms with Gasteiger partial charge in [0.15, 0.2) is 0 Å². The highest BCUT2D eigenvalue weighted by atomic mass is 15.4. The van der Waals surface area contributed by atoms with Crippen LogP contribution in [0.4, 0.5) is 0 Å². The number of nitrogens with one attached hydrogen (secondary N) is 1. The van der Waals surface area contributed by atoms with E-state index in [2.05, 4.69) is 17.4 Å². The van der Waals surface area contributed by atoms with E-state index in [9.17, 15) is 0 Å². The molecular weight excluding hydrogens is 126 g/mol. The van der Waals surface area contributed by atoms with E-state index in [1.54, 1.807) is 0 Å². The Labute approximate surface area is 62.5 Å². The Kier molecular flexibility index (Phi) is 3.12. The molecule has 0 aromatic rings. The summed E-state index contributed by atoms with van der Waals surface area (Å²) in [6, 6.07) is 0. The maximum atomic E-state index is 5.37. The molecule has 1 fully saturated rings. The van der Waals surface area contributed by atoms with Crippen molar-refractivity contribution in [3.8, 4) is 0 Å². The summed E-state index contributed by atoms with van der Waals surface area (Å²) in [5.74, 6) is 5.37. The standard InChI is InChI=1S/C7H17N3/c1-10-6-4-2-3-5-7(10)9-8/h7,9H,2-6,8H2,1H3. The topological polar surface area (TPSA) is 41.3 Å². The van der Waals surface area contributed by atoms with Crippen LogP contribution in [0.15, 0.2) is 0 Å². The third-order valence-corrected chi connectivity index (χ3v) is 2.21. The normalized spacial score (nSPS) is 30.0. The second kappa shape index (κ2) is 3.91. The van der Waals surface area contributed by atoms with Crippen LogP contribution in [0.2, 0.25) is 0 Å². The molecule has 0 aromatic carbocycles. The van der Waals surface area contributed by atoms with E-state index < -0.39 is 0 Å². The van der Waals surface area contributed by atoms with Crippen LogP contribution >= 0.6 is 0 Å². The van der Waals surface area contributed by atoms with Crippen molar-refractivity contribution in [3.63, 3.8) is 0 Å². The number of likely N-dealkylation sites (tertiary alicyclic amines) is 1. The molecule has 1 atom stereocenters. The first-order valence-electron chi connectivity index (χ1n) is 4.01. The maximum Gasteiger partial charge on any atom is 0.0724 e. The van der Waals surface area contributed by atoms with Gasteiger partial charge in [-0.3, -0.25) is 10.7 Å². The highest BCUT2D eigenvalue weighted by molar-refractivity contribution is 4.67. The SMILES string of the molecule is CN1CCCCCC1NN. The van der Waals surface area contributed by atoms with Crippen LogP contribution in [0.3, 0.4) is 0 Å². The molecule has 10 heavy (non-hydrogen) atoms. The van der Waals surface area contributed by atoms with E-state index in [0.717, 1.165) is 0 Å². The van der Waals surface area contributed by atoms with Gasteiger partial charge in [0.25, 0.3) is 0 Å². The number of nitrogens with two attached hydrogens (primary N) is 1. The second-order valence-electron chi connectivity index (χ2n) is 3.01. The molecule has 1 unspecified atom stereocenters. The van der Waals surface area contributed by atoms with Crippen LogP contribution in [0.1, 0.15) is 25.7 Å². The van der Waals surface area contributed by atoms with Crippen LogP contribution in [0, 0.1) is 0 Å². The summed E-state index contributed by atoms with van der Waals surface area (Å²) in [6.45, 7) is 1.18. The second-order valence-corrected chi connectivity index (χ2v) is 3.01.